The van der Waals surface area contributed by atoms with Gasteiger partial charge < -0.3 is 19.5 Å². The van der Waals surface area contributed by atoms with E-state index >= 15 is 0 Å². The van der Waals surface area contributed by atoms with Crippen LogP contribution >= 0.6 is 0 Å². The Morgan fingerprint density at radius 1 is 0.895 bits per heavy atom. The monoisotopic (exact) mass is 514 g/mol. The molecule has 3 aromatic rings. The van der Waals surface area contributed by atoms with Crippen LogP contribution in [0.5, 0.6) is 11.5 Å². The van der Waals surface area contributed by atoms with Crippen molar-refractivity contribution in [2.75, 3.05) is 30.0 Å². The number of Topliss-reactive ketones (excluding diaryl/α,β-unsaturated/α-hetero) is 1. The van der Waals surface area contributed by atoms with Gasteiger partial charge in [-0.3, -0.25) is 14.5 Å². The number of carbonyl (C=O) groups is 2. The Balaban J connectivity index is 1.84. The summed E-state index contributed by atoms with van der Waals surface area (Å²) in [7, 11) is 1.57. The topological polar surface area (TPSA) is 79.3 Å². The number of methoxy groups -OCH3 is 1. The number of aliphatic hydroxyl groups is 1. The number of nitrogens with zero attached hydrogens (tertiary/aromatic N) is 2. The number of hydrogen-bond acceptors (Lipinski definition) is 6. The lowest BCUT2D eigenvalue weighted by Crippen LogP contribution is -2.29. The Morgan fingerprint density at radius 3 is 2.00 bits per heavy atom. The average molecular weight is 515 g/mol. The van der Waals surface area contributed by atoms with Crippen LogP contribution in [0.15, 0.2) is 78.4 Å². The van der Waals surface area contributed by atoms with Gasteiger partial charge in [0.1, 0.15) is 17.3 Å². The number of rotatable bonds is 9. The zero-order valence-electron chi connectivity index (χ0n) is 22.5. The van der Waals surface area contributed by atoms with Crippen LogP contribution in [0.3, 0.4) is 0 Å². The number of anilines is 2. The van der Waals surface area contributed by atoms with Gasteiger partial charge in [0.15, 0.2) is 0 Å². The Morgan fingerprint density at radius 2 is 1.47 bits per heavy atom. The van der Waals surface area contributed by atoms with Gasteiger partial charge in [0.05, 0.1) is 24.8 Å². The summed E-state index contributed by atoms with van der Waals surface area (Å²) < 4.78 is 11.0. The summed E-state index contributed by atoms with van der Waals surface area (Å²) in [5.41, 5.74) is 2.76. The van der Waals surface area contributed by atoms with Gasteiger partial charge in [-0.25, -0.2) is 0 Å². The van der Waals surface area contributed by atoms with Crippen molar-refractivity contribution in [3.8, 4) is 11.5 Å². The predicted molar refractivity (Wildman–Crippen MR) is 150 cm³/mol. The highest BCUT2D eigenvalue weighted by Crippen LogP contribution is 2.43. The van der Waals surface area contributed by atoms with Gasteiger partial charge in [-0.05, 0) is 93.9 Å². The standard InChI is InChI=1S/C31H34N2O5/c1-6-32(7-2)23-12-8-21(9-13-23)28-27(29(34)22-10-16-26(17-11-22)38-20(3)4)30(35)31(36)33(28)24-14-18-25(37-5)19-15-24/h8-20,28,34H,6-7H2,1-5H3/b29-27-. The molecule has 198 valence electrons. The molecule has 7 nitrogen and oxygen atoms in total. The number of aliphatic hydroxyl groups excluding tert-OH is 1. The number of hydrogen-bond donors (Lipinski definition) is 1. The van der Waals surface area contributed by atoms with E-state index in [4.69, 9.17) is 9.47 Å². The summed E-state index contributed by atoms with van der Waals surface area (Å²) in [6.07, 6.45) is 0.00332. The number of carbonyl (C=O) groups excluding carboxylic acids is 2. The Bertz CT molecular complexity index is 1310. The molecule has 7 heteroatoms. The van der Waals surface area contributed by atoms with Crippen molar-refractivity contribution in [1.82, 2.24) is 0 Å². The fraction of sp³-hybridized carbons (Fsp3) is 0.290. The third-order valence-electron chi connectivity index (χ3n) is 6.63. The molecule has 1 atom stereocenters. The zero-order chi connectivity index (χ0) is 27.4. The highest BCUT2D eigenvalue weighted by molar-refractivity contribution is 6.51. The molecule has 38 heavy (non-hydrogen) atoms. The quantitative estimate of drug-likeness (QED) is 0.216. The molecular weight excluding hydrogens is 480 g/mol. The SMILES string of the molecule is CCN(CC)c1ccc(C2/C(=C(/O)c3ccc(OC(C)C)cc3)C(=O)C(=O)N2c2ccc(OC)cc2)cc1. The normalized spacial score (nSPS) is 16.7. The van der Waals surface area contributed by atoms with Crippen LogP contribution in [0.4, 0.5) is 11.4 Å². The molecule has 0 bridgehead atoms. The Labute approximate surface area is 223 Å². The van der Waals surface area contributed by atoms with Gasteiger partial charge in [0.25, 0.3) is 11.7 Å². The van der Waals surface area contributed by atoms with Gasteiger partial charge in [-0.2, -0.15) is 0 Å². The first kappa shape index (κ1) is 26.8. The molecule has 0 spiro atoms. The van der Waals surface area contributed by atoms with Crippen molar-refractivity contribution in [1.29, 1.82) is 0 Å². The van der Waals surface area contributed by atoms with E-state index in [0.29, 0.717) is 22.7 Å². The van der Waals surface area contributed by atoms with Crippen molar-refractivity contribution in [2.45, 2.75) is 39.8 Å². The number of ether oxygens (including phenoxy) is 2. The van der Waals surface area contributed by atoms with E-state index in [1.807, 2.05) is 38.1 Å². The van der Waals surface area contributed by atoms with Crippen LogP contribution in [-0.4, -0.2) is 43.1 Å². The summed E-state index contributed by atoms with van der Waals surface area (Å²) in [6.45, 7) is 9.76. The average Bonchev–Trinajstić information content (AvgIpc) is 3.19. The second-order valence-corrected chi connectivity index (χ2v) is 9.32. The lowest BCUT2D eigenvalue weighted by molar-refractivity contribution is -0.132. The van der Waals surface area contributed by atoms with Gasteiger partial charge >= 0.3 is 0 Å². The molecule has 0 aromatic heterocycles. The van der Waals surface area contributed by atoms with Crippen molar-refractivity contribution in [3.63, 3.8) is 0 Å². The van der Waals surface area contributed by atoms with Crippen LogP contribution < -0.4 is 19.3 Å². The maximum absolute atomic E-state index is 13.4. The van der Waals surface area contributed by atoms with E-state index in [1.54, 1.807) is 55.6 Å². The van der Waals surface area contributed by atoms with Gasteiger partial charge in [0.2, 0.25) is 0 Å². The molecule has 0 aliphatic carbocycles. The van der Waals surface area contributed by atoms with Crippen molar-refractivity contribution >= 4 is 28.8 Å². The van der Waals surface area contributed by atoms with Crippen LogP contribution in [0.25, 0.3) is 5.76 Å². The van der Waals surface area contributed by atoms with E-state index in [2.05, 4.69) is 18.7 Å². The summed E-state index contributed by atoms with van der Waals surface area (Å²) in [5.74, 6) is -0.380. The molecule has 1 heterocycles. The zero-order valence-corrected chi connectivity index (χ0v) is 22.5. The summed E-state index contributed by atoms with van der Waals surface area (Å²) in [4.78, 5) is 30.5. The van der Waals surface area contributed by atoms with E-state index < -0.39 is 17.7 Å². The molecule has 1 aliphatic heterocycles. The molecule has 1 aliphatic rings. The molecule has 1 amide bonds. The second kappa shape index (κ2) is 11.4. The van der Waals surface area contributed by atoms with E-state index in [0.717, 1.165) is 24.3 Å². The van der Waals surface area contributed by atoms with Gasteiger partial charge in [0, 0.05) is 30.0 Å². The Kier molecular flexibility index (Phi) is 8.05. The molecule has 3 aromatic carbocycles. The smallest absolute Gasteiger partial charge is 0.300 e. The Hall–Kier alpha value is -4.26. The van der Waals surface area contributed by atoms with Crippen LogP contribution in [0, 0.1) is 0 Å². The van der Waals surface area contributed by atoms with Gasteiger partial charge in [-0.15, -0.1) is 0 Å². The maximum Gasteiger partial charge on any atom is 0.300 e. The molecule has 1 N–H and O–H groups in total. The summed E-state index contributed by atoms with van der Waals surface area (Å²) in [6, 6.07) is 20.8. The highest BCUT2D eigenvalue weighted by atomic mass is 16.5. The first-order chi connectivity index (χ1) is 18.3. The highest BCUT2D eigenvalue weighted by Gasteiger charge is 2.47. The third kappa shape index (κ3) is 5.23. The summed E-state index contributed by atoms with van der Waals surface area (Å²) >= 11 is 0. The predicted octanol–water partition coefficient (Wildman–Crippen LogP) is 5.95. The summed E-state index contributed by atoms with van der Waals surface area (Å²) in [5, 5.41) is 11.4. The molecule has 1 unspecified atom stereocenters. The van der Waals surface area contributed by atoms with Crippen molar-refractivity contribution in [3.05, 3.63) is 89.5 Å². The molecular formula is C31H34N2O5. The first-order valence-corrected chi connectivity index (χ1v) is 12.9. The number of benzene rings is 3. The van der Waals surface area contributed by atoms with Gasteiger partial charge in [-0.1, -0.05) is 12.1 Å². The van der Waals surface area contributed by atoms with Crippen LogP contribution in [0.2, 0.25) is 0 Å². The first-order valence-electron chi connectivity index (χ1n) is 12.9. The number of ketones is 1. The van der Waals surface area contributed by atoms with Crippen LogP contribution in [-0.2, 0) is 9.59 Å². The van der Waals surface area contributed by atoms with E-state index in [9.17, 15) is 14.7 Å². The molecule has 0 radical (unpaired) electrons. The lowest BCUT2D eigenvalue weighted by Gasteiger charge is -2.27. The lowest BCUT2D eigenvalue weighted by atomic mass is 9.94. The minimum atomic E-state index is -0.805. The number of amides is 1. The molecule has 0 saturated carbocycles. The largest absolute Gasteiger partial charge is 0.507 e. The molecule has 1 fully saturated rings. The van der Waals surface area contributed by atoms with Crippen molar-refractivity contribution < 1.29 is 24.2 Å². The van der Waals surface area contributed by atoms with E-state index in [1.165, 1.54) is 4.90 Å². The van der Waals surface area contributed by atoms with E-state index in [-0.39, 0.29) is 17.4 Å². The fourth-order valence-corrected chi connectivity index (χ4v) is 4.73. The molecule has 4 rings (SSSR count). The minimum Gasteiger partial charge on any atom is -0.507 e. The third-order valence-corrected chi connectivity index (χ3v) is 6.63. The van der Waals surface area contributed by atoms with Crippen LogP contribution in [0.1, 0.15) is 44.9 Å². The fourth-order valence-electron chi connectivity index (χ4n) is 4.73. The second-order valence-electron chi connectivity index (χ2n) is 9.32. The maximum atomic E-state index is 13.4. The minimum absolute atomic E-state index is 0.00332. The van der Waals surface area contributed by atoms with Crippen molar-refractivity contribution in [2.24, 2.45) is 0 Å². The molecule has 1 saturated heterocycles.